The van der Waals surface area contributed by atoms with E-state index in [-0.39, 0.29) is 12.5 Å². The van der Waals surface area contributed by atoms with Crippen LogP contribution in [0.1, 0.15) is 13.8 Å². The second-order valence-electron chi connectivity index (χ2n) is 3.83. The highest BCUT2D eigenvalue weighted by Crippen LogP contribution is 2.24. The summed E-state index contributed by atoms with van der Waals surface area (Å²) in [5.41, 5.74) is -0.504. The van der Waals surface area contributed by atoms with E-state index in [2.05, 4.69) is 0 Å². The fourth-order valence-corrected chi connectivity index (χ4v) is 1.49. The predicted octanol–water partition coefficient (Wildman–Crippen LogP) is 0.265. The molecule has 0 atom stereocenters. The first-order valence-electron chi connectivity index (χ1n) is 4.74. The molecule has 0 aromatic heterocycles. The van der Waals surface area contributed by atoms with E-state index in [1.165, 1.54) is 6.08 Å². The number of hydrogen-bond donors (Lipinski definition) is 1. The van der Waals surface area contributed by atoms with Crippen LogP contribution in [0.2, 0.25) is 0 Å². The van der Waals surface area contributed by atoms with Gasteiger partial charge in [-0.1, -0.05) is 6.08 Å². The van der Waals surface area contributed by atoms with Crippen molar-refractivity contribution < 1.29 is 19.4 Å². The van der Waals surface area contributed by atoms with Crippen LogP contribution < -0.4 is 0 Å². The van der Waals surface area contributed by atoms with Gasteiger partial charge in [-0.25, -0.2) is 4.79 Å². The number of carboxylic acids is 1. The lowest BCUT2D eigenvalue weighted by atomic mass is 9.96. The van der Waals surface area contributed by atoms with E-state index in [0.717, 1.165) is 0 Å². The molecular formula is C10H15NO4. The third-order valence-electron chi connectivity index (χ3n) is 2.22. The molecule has 1 aliphatic rings. The van der Waals surface area contributed by atoms with Crippen LogP contribution in [0, 0.1) is 0 Å². The first-order valence-corrected chi connectivity index (χ1v) is 4.74. The number of aliphatic carboxylic acids is 1. The molecule has 0 aromatic carbocycles. The Morgan fingerprint density at radius 3 is 2.60 bits per heavy atom. The van der Waals surface area contributed by atoms with Gasteiger partial charge in [0.2, 0.25) is 5.91 Å². The van der Waals surface area contributed by atoms with Crippen molar-refractivity contribution in [3.05, 3.63) is 12.2 Å². The Hall–Kier alpha value is -1.36. The first kappa shape index (κ1) is 11.7. The largest absolute Gasteiger partial charge is 0.480 e. The Morgan fingerprint density at radius 1 is 1.53 bits per heavy atom. The molecular weight excluding hydrogens is 198 g/mol. The zero-order valence-corrected chi connectivity index (χ0v) is 8.90. The third-order valence-corrected chi connectivity index (χ3v) is 2.22. The van der Waals surface area contributed by atoms with Gasteiger partial charge < -0.3 is 14.7 Å². The van der Waals surface area contributed by atoms with Gasteiger partial charge in [0.15, 0.2) is 0 Å². The molecule has 1 N–H and O–H groups in total. The van der Waals surface area contributed by atoms with Gasteiger partial charge in [0.1, 0.15) is 12.2 Å². The van der Waals surface area contributed by atoms with Gasteiger partial charge >= 0.3 is 5.97 Å². The van der Waals surface area contributed by atoms with Crippen molar-refractivity contribution in [1.29, 1.82) is 0 Å². The lowest BCUT2D eigenvalue weighted by Gasteiger charge is -2.46. The summed E-state index contributed by atoms with van der Waals surface area (Å²) >= 11 is 0. The molecule has 15 heavy (non-hydrogen) atoms. The fourth-order valence-electron chi connectivity index (χ4n) is 1.49. The number of ether oxygens (including phenoxy) is 1. The van der Waals surface area contributed by atoms with Crippen LogP contribution in [0.4, 0.5) is 0 Å². The molecule has 84 valence electrons. The van der Waals surface area contributed by atoms with Crippen molar-refractivity contribution in [3.8, 4) is 0 Å². The average Bonchev–Trinajstić information content (AvgIpc) is 2.10. The Morgan fingerprint density at radius 2 is 2.13 bits per heavy atom. The van der Waals surface area contributed by atoms with Crippen LogP contribution in [-0.4, -0.2) is 47.2 Å². The topological polar surface area (TPSA) is 66.8 Å². The van der Waals surface area contributed by atoms with Crippen molar-refractivity contribution in [3.63, 3.8) is 0 Å². The quantitative estimate of drug-likeness (QED) is 0.680. The summed E-state index contributed by atoms with van der Waals surface area (Å²) in [6, 6.07) is 0. The highest BCUT2D eigenvalue weighted by molar-refractivity contribution is 5.88. The van der Waals surface area contributed by atoms with Gasteiger partial charge in [0.05, 0.1) is 13.1 Å². The highest BCUT2D eigenvalue weighted by atomic mass is 16.5. The Bertz CT molecular complexity index is 292. The molecule has 1 rings (SSSR count). The molecule has 0 aliphatic carbocycles. The van der Waals surface area contributed by atoms with Crippen LogP contribution in [0.3, 0.4) is 0 Å². The molecule has 0 saturated carbocycles. The maximum atomic E-state index is 11.3. The van der Waals surface area contributed by atoms with E-state index in [1.807, 2.05) is 0 Å². The number of amides is 1. The molecule has 1 amide bonds. The first-order chi connectivity index (χ1) is 6.97. The van der Waals surface area contributed by atoms with Gasteiger partial charge in [0.25, 0.3) is 0 Å². The second-order valence-corrected chi connectivity index (χ2v) is 3.83. The second kappa shape index (κ2) is 4.44. The number of carbonyl (C=O) groups excluding carboxylic acids is 1. The van der Waals surface area contributed by atoms with Crippen LogP contribution in [-0.2, 0) is 14.3 Å². The Balaban J connectivity index is 2.34. The number of hydrogen-bond acceptors (Lipinski definition) is 3. The number of likely N-dealkylation sites (tertiary alicyclic amines) is 1. The Kier molecular flexibility index (Phi) is 3.47. The fraction of sp³-hybridized carbons (Fsp3) is 0.600. The summed E-state index contributed by atoms with van der Waals surface area (Å²) in [6.45, 7) is 4.16. The van der Waals surface area contributed by atoms with Gasteiger partial charge in [-0.2, -0.15) is 0 Å². The van der Waals surface area contributed by atoms with Crippen LogP contribution >= 0.6 is 0 Å². The molecule has 0 bridgehead atoms. The maximum absolute atomic E-state index is 11.3. The van der Waals surface area contributed by atoms with Crippen LogP contribution in [0.25, 0.3) is 0 Å². The van der Waals surface area contributed by atoms with Crippen molar-refractivity contribution in [2.75, 3.05) is 19.7 Å². The average molecular weight is 213 g/mol. The zero-order valence-electron chi connectivity index (χ0n) is 8.90. The van der Waals surface area contributed by atoms with E-state index >= 15 is 0 Å². The summed E-state index contributed by atoms with van der Waals surface area (Å²) in [5, 5.41) is 8.44. The highest BCUT2D eigenvalue weighted by Gasteiger charge is 2.41. The summed E-state index contributed by atoms with van der Waals surface area (Å²) in [5.74, 6) is -1.05. The van der Waals surface area contributed by atoms with Crippen LogP contribution in [0.5, 0.6) is 0 Å². The van der Waals surface area contributed by atoms with Gasteiger partial charge in [0, 0.05) is 0 Å². The third kappa shape index (κ3) is 3.06. The normalized spacial score (nSPS) is 18.9. The number of allylic oxidation sites excluding steroid dienone is 1. The van der Waals surface area contributed by atoms with Gasteiger partial charge in [-0.15, -0.1) is 0 Å². The lowest BCUT2D eigenvalue weighted by molar-refractivity contribution is -0.170. The molecule has 1 fully saturated rings. The molecule has 0 radical (unpaired) electrons. The summed E-state index contributed by atoms with van der Waals surface area (Å²) < 4.78 is 5.17. The minimum Gasteiger partial charge on any atom is -0.480 e. The molecule has 1 aliphatic heterocycles. The van der Waals surface area contributed by atoms with Crippen LogP contribution in [0.15, 0.2) is 12.2 Å². The molecule has 5 heteroatoms. The van der Waals surface area contributed by atoms with Gasteiger partial charge in [-0.05, 0) is 19.9 Å². The zero-order chi connectivity index (χ0) is 11.5. The van der Waals surface area contributed by atoms with E-state index in [4.69, 9.17) is 9.84 Å². The molecule has 0 unspecified atom stereocenters. The monoisotopic (exact) mass is 213 g/mol. The van der Waals surface area contributed by atoms with E-state index in [0.29, 0.717) is 13.1 Å². The van der Waals surface area contributed by atoms with E-state index < -0.39 is 11.6 Å². The summed E-state index contributed by atoms with van der Waals surface area (Å²) in [4.78, 5) is 23.2. The minimum absolute atomic E-state index is 0.0612. The van der Waals surface area contributed by atoms with Crippen molar-refractivity contribution in [2.24, 2.45) is 0 Å². The molecule has 1 saturated heterocycles. The summed E-state index contributed by atoms with van der Waals surface area (Å²) in [6.07, 6.45) is 3.16. The van der Waals surface area contributed by atoms with E-state index in [9.17, 15) is 9.59 Å². The molecule has 0 spiro atoms. The smallest absolute Gasteiger partial charge is 0.329 e. The maximum Gasteiger partial charge on any atom is 0.329 e. The summed E-state index contributed by atoms with van der Waals surface area (Å²) in [7, 11) is 0. The molecule has 5 nitrogen and oxygen atoms in total. The SMILES string of the molecule is C/C=C/C(=O)N1CC(C)(OCC(=O)O)C1. The number of carboxylic acid groups (broad SMARTS) is 1. The number of rotatable bonds is 4. The van der Waals surface area contributed by atoms with Crippen molar-refractivity contribution in [1.82, 2.24) is 4.90 Å². The molecule has 0 aromatic rings. The number of carbonyl (C=O) groups is 2. The van der Waals surface area contributed by atoms with E-state index in [1.54, 1.807) is 24.8 Å². The van der Waals surface area contributed by atoms with Crippen molar-refractivity contribution in [2.45, 2.75) is 19.4 Å². The van der Waals surface area contributed by atoms with Crippen molar-refractivity contribution >= 4 is 11.9 Å². The standard InChI is InChI=1S/C10H15NO4/c1-3-4-8(12)11-6-10(2,7-11)15-5-9(13)14/h3-4H,5-7H2,1-2H3,(H,13,14)/b4-3+. The minimum atomic E-state index is -0.991. The lowest BCUT2D eigenvalue weighted by Crippen LogP contribution is -2.63. The predicted molar refractivity (Wildman–Crippen MR) is 53.4 cm³/mol. The molecule has 1 heterocycles. The number of nitrogens with zero attached hydrogens (tertiary/aromatic N) is 1. The Labute approximate surface area is 88.3 Å². The van der Waals surface area contributed by atoms with Gasteiger partial charge in [-0.3, -0.25) is 4.79 Å².